The van der Waals surface area contributed by atoms with E-state index in [0.717, 1.165) is 63.3 Å². The zero-order valence-electron chi connectivity index (χ0n) is 36.0. The highest BCUT2D eigenvalue weighted by molar-refractivity contribution is 5.96. The molecular formula is C49H55N7O6. The molecule has 2 amide bonds. The highest BCUT2D eigenvalue weighted by Crippen LogP contribution is 2.38. The number of nitriles is 1. The molecule has 0 spiro atoms. The second-order valence-electron chi connectivity index (χ2n) is 17.3. The lowest BCUT2D eigenvalue weighted by atomic mass is 10.0. The molecule has 13 nitrogen and oxygen atoms in total. The summed E-state index contributed by atoms with van der Waals surface area (Å²) in [5, 5.41) is 12.1. The van der Waals surface area contributed by atoms with E-state index in [2.05, 4.69) is 58.3 Å². The molecule has 3 aliphatic rings. The van der Waals surface area contributed by atoms with Gasteiger partial charge in [-0.25, -0.2) is 9.59 Å². The number of anilines is 2. The number of piperazine rings is 1. The molecule has 1 aromatic heterocycles. The lowest BCUT2D eigenvalue weighted by Gasteiger charge is -2.42. The second-order valence-corrected chi connectivity index (χ2v) is 17.3. The number of rotatable bonds is 11. The fourth-order valence-corrected chi connectivity index (χ4v) is 8.70. The van der Waals surface area contributed by atoms with Gasteiger partial charge in [-0.1, -0.05) is 84.9 Å². The van der Waals surface area contributed by atoms with Gasteiger partial charge < -0.3 is 38.5 Å². The largest absolute Gasteiger partial charge is 0.489 e. The minimum atomic E-state index is -0.623. The van der Waals surface area contributed by atoms with Crippen molar-refractivity contribution in [3.8, 4) is 17.8 Å². The van der Waals surface area contributed by atoms with Gasteiger partial charge in [-0.2, -0.15) is 15.2 Å². The maximum absolute atomic E-state index is 13.5. The molecule has 3 atom stereocenters. The fraction of sp³-hybridized carbons (Fsp3) is 0.408. The number of hydrogen-bond donors (Lipinski definition) is 0. The SMILES string of the molecule is CC(Oc1nc2c(c(N3CCN(C(=O)OCc4ccccc4)[C@@H](CC#N)C3)n1)CCN(c1cc(OCc3ccccc3)cc3ccccc13)C2)[C@H]1CCCN1C(=O)OC(C)(C)C. The fourth-order valence-electron chi connectivity index (χ4n) is 8.70. The van der Waals surface area contributed by atoms with Crippen molar-refractivity contribution in [3.05, 3.63) is 119 Å². The minimum Gasteiger partial charge on any atom is -0.489 e. The van der Waals surface area contributed by atoms with Crippen LogP contribution in [0, 0.1) is 11.3 Å². The summed E-state index contributed by atoms with van der Waals surface area (Å²) in [6.45, 7) is 11.2. The molecule has 0 saturated carbocycles. The number of carbonyl (C=O) groups is 2. The van der Waals surface area contributed by atoms with Gasteiger partial charge in [0.15, 0.2) is 0 Å². The van der Waals surface area contributed by atoms with Gasteiger partial charge >= 0.3 is 18.2 Å². The number of likely N-dealkylation sites (tertiary alicyclic amines) is 1. The van der Waals surface area contributed by atoms with Gasteiger partial charge in [-0.05, 0) is 69.5 Å². The minimum absolute atomic E-state index is 0.135. The standard InChI is InChI=1S/C49H55N7O6/c1-34(43-20-13-24-56(43)48(58)62-49(2,3)4)61-46-51-42-31-53(44-29-39(28-37-18-11-12-19-40(37)44)59-32-35-14-7-5-8-15-35)25-22-41(42)45(52-46)54-26-27-55(38(30-54)21-23-50)47(57)60-33-36-16-9-6-10-17-36/h5-12,14-19,28-29,34,38,43H,13,20-22,24-27,30-33H2,1-4H3/t34?,38-,43+/m0/s1. The van der Waals surface area contributed by atoms with E-state index < -0.39 is 23.8 Å². The van der Waals surface area contributed by atoms with Crippen LogP contribution >= 0.6 is 0 Å². The first-order chi connectivity index (χ1) is 30.0. The lowest BCUT2D eigenvalue weighted by Crippen LogP contribution is -2.55. The van der Waals surface area contributed by atoms with Gasteiger partial charge in [0.25, 0.3) is 0 Å². The number of aromatic nitrogens is 2. The van der Waals surface area contributed by atoms with E-state index in [4.69, 9.17) is 28.9 Å². The van der Waals surface area contributed by atoms with Crippen molar-refractivity contribution in [3.63, 3.8) is 0 Å². The Labute approximate surface area is 363 Å². The molecule has 5 aromatic rings. The Bertz CT molecular complexity index is 2400. The predicted molar refractivity (Wildman–Crippen MR) is 237 cm³/mol. The van der Waals surface area contributed by atoms with Gasteiger partial charge in [0, 0.05) is 55.4 Å². The molecule has 8 rings (SSSR count). The summed E-state index contributed by atoms with van der Waals surface area (Å²) >= 11 is 0. The van der Waals surface area contributed by atoms with E-state index >= 15 is 0 Å². The van der Waals surface area contributed by atoms with Crippen LogP contribution < -0.4 is 19.3 Å². The average molecular weight is 838 g/mol. The lowest BCUT2D eigenvalue weighted by molar-refractivity contribution is 0.0102. The number of amides is 2. The molecule has 0 aliphatic carbocycles. The quantitative estimate of drug-likeness (QED) is 0.127. The highest BCUT2D eigenvalue weighted by atomic mass is 16.6. The first kappa shape index (κ1) is 42.2. The monoisotopic (exact) mass is 837 g/mol. The number of benzene rings is 4. The molecule has 322 valence electrons. The predicted octanol–water partition coefficient (Wildman–Crippen LogP) is 8.68. The van der Waals surface area contributed by atoms with Crippen molar-refractivity contribution >= 4 is 34.5 Å². The van der Waals surface area contributed by atoms with E-state index in [0.29, 0.717) is 52.3 Å². The summed E-state index contributed by atoms with van der Waals surface area (Å²) in [6, 6.07) is 34.1. The van der Waals surface area contributed by atoms with Gasteiger partial charge in [0.1, 0.15) is 36.5 Å². The number of fused-ring (bicyclic) bond motifs is 2. The summed E-state index contributed by atoms with van der Waals surface area (Å²) in [4.78, 5) is 44.9. The van der Waals surface area contributed by atoms with Crippen LogP contribution in [0.25, 0.3) is 10.8 Å². The number of nitrogens with zero attached hydrogens (tertiary/aromatic N) is 7. The van der Waals surface area contributed by atoms with Crippen LogP contribution in [0.1, 0.15) is 69.3 Å². The van der Waals surface area contributed by atoms with Crippen LogP contribution in [-0.4, -0.2) is 88.5 Å². The summed E-state index contributed by atoms with van der Waals surface area (Å²) in [7, 11) is 0. The molecular weight excluding hydrogens is 783 g/mol. The number of ether oxygens (including phenoxy) is 4. The van der Waals surface area contributed by atoms with Crippen LogP contribution in [0.3, 0.4) is 0 Å². The Morgan fingerprint density at radius 2 is 1.56 bits per heavy atom. The topological polar surface area (TPSA) is 134 Å². The molecule has 4 heterocycles. The van der Waals surface area contributed by atoms with Gasteiger partial charge in [0.2, 0.25) is 0 Å². The van der Waals surface area contributed by atoms with Gasteiger partial charge in [-0.3, -0.25) is 0 Å². The highest BCUT2D eigenvalue weighted by Gasteiger charge is 2.38. The first-order valence-corrected chi connectivity index (χ1v) is 21.6. The number of hydrogen-bond acceptors (Lipinski definition) is 11. The third-order valence-electron chi connectivity index (χ3n) is 11.7. The van der Waals surface area contributed by atoms with Gasteiger partial charge in [-0.15, -0.1) is 0 Å². The van der Waals surface area contributed by atoms with Crippen molar-refractivity contribution in [1.82, 2.24) is 19.8 Å². The Morgan fingerprint density at radius 1 is 0.839 bits per heavy atom. The molecule has 2 saturated heterocycles. The van der Waals surface area contributed by atoms with Crippen molar-refractivity contribution in [2.24, 2.45) is 0 Å². The van der Waals surface area contributed by atoms with Gasteiger partial charge in [0.05, 0.1) is 36.8 Å². The van der Waals surface area contributed by atoms with E-state index in [1.54, 1.807) is 9.80 Å². The average Bonchev–Trinajstić information content (AvgIpc) is 3.78. The van der Waals surface area contributed by atoms with Crippen molar-refractivity contribution in [2.75, 3.05) is 42.5 Å². The Hall–Kier alpha value is -6.55. The van der Waals surface area contributed by atoms with Crippen LogP contribution in [-0.2, 0) is 35.7 Å². The smallest absolute Gasteiger partial charge is 0.410 e. The van der Waals surface area contributed by atoms with Crippen molar-refractivity contribution in [1.29, 1.82) is 5.26 Å². The van der Waals surface area contributed by atoms with E-state index in [1.807, 2.05) is 82.3 Å². The Morgan fingerprint density at radius 3 is 2.31 bits per heavy atom. The molecule has 4 aromatic carbocycles. The molecule has 62 heavy (non-hydrogen) atoms. The summed E-state index contributed by atoms with van der Waals surface area (Å²) in [6.07, 6.45) is 1.16. The van der Waals surface area contributed by atoms with E-state index in [9.17, 15) is 14.9 Å². The summed E-state index contributed by atoms with van der Waals surface area (Å²) in [5.74, 6) is 1.52. The zero-order chi connectivity index (χ0) is 43.2. The Kier molecular flexibility index (Phi) is 12.6. The second kappa shape index (κ2) is 18.6. The Balaban J connectivity index is 1.09. The summed E-state index contributed by atoms with van der Waals surface area (Å²) in [5.41, 5.74) is 4.25. The van der Waals surface area contributed by atoms with Crippen molar-refractivity contribution in [2.45, 2.75) is 96.9 Å². The van der Waals surface area contributed by atoms with E-state index in [1.165, 1.54) is 0 Å². The van der Waals surface area contributed by atoms with Crippen molar-refractivity contribution < 1.29 is 28.5 Å². The summed E-state index contributed by atoms with van der Waals surface area (Å²) < 4.78 is 24.5. The molecule has 0 N–H and O–H groups in total. The third-order valence-corrected chi connectivity index (χ3v) is 11.7. The maximum Gasteiger partial charge on any atom is 0.410 e. The van der Waals surface area contributed by atoms with Crippen LogP contribution in [0.5, 0.6) is 11.8 Å². The molecule has 0 bridgehead atoms. The number of carbonyl (C=O) groups excluding carboxylic acids is 2. The maximum atomic E-state index is 13.5. The third kappa shape index (κ3) is 9.81. The normalized spacial score (nSPS) is 18.2. The molecule has 1 unspecified atom stereocenters. The molecule has 3 aliphatic heterocycles. The first-order valence-electron chi connectivity index (χ1n) is 21.6. The van der Waals surface area contributed by atoms with Crippen LogP contribution in [0.2, 0.25) is 0 Å². The van der Waals surface area contributed by atoms with Crippen LogP contribution in [0.15, 0.2) is 97.1 Å². The van der Waals surface area contributed by atoms with Crippen LogP contribution in [0.4, 0.5) is 21.1 Å². The molecule has 0 radical (unpaired) electrons. The molecule has 2 fully saturated rings. The zero-order valence-corrected chi connectivity index (χ0v) is 36.0. The molecule has 13 heteroatoms. The van der Waals surface area contributed by atoms with E-state index in [-0.39, 0.29) is 31.2 Å².